The Labute approximate surface area is 119 Å². The first kappa shape index (κ1) is 14.5. The summed E-state index contributed by atoms with van der Waals surface area (Å²) < 4.78 is 1.74. The molecule has 0 atom stereocenters. The highest BCUT2D eigenvalue weighted by Gasteiger charge is 2.13. The molecule has 2 rings (SSSR count). The molecule has 0 bridgehead atoms. The molecule has 8 heteroatoms. The minimum atomic E-state index is -0.913. The maximum absolute atomic E-state index is 10.6. The molecule has 0 fully saturated rings. The number of carbonyl (C=O) groups is 1. The van der Waals surface area contributed by atoms with Crippen LogP contribution < -0.4 is 0 Å². The summed E-state index contributed by atoms with van der Waals surface area (Å²) in [4.78, 5) is 14.6. The monoisotopic (exact) mass is 294 g/mol. The first-order chi connectivity index (χ1) is 9.70. The number of aliphatic carboxylic acids is 1. The van der Waals surface area contributed by atoms with Crippen molar-refractivity contribution in [3.63, 3.8) is 0 Å². The highest BCUT2D eigenvalue weighted by molar-refractivity contribution is 7.99. The number of carboxylic acids is 1. The normalized spacial score (nSPS) is 10.7. The van der Waals surface area contributed by atoms with E-state index in [1.807, 2.05) is 12.1 Å². The van der Waals surface area contributed by atoms with Gasteiger partial charge in [-0.1, -0.05) is 11.8 Å². The summed E-state index contributed by atoms with van der Waals surface area (Å²) in [6.45, 7) is 0.353. The van der Waals surface area contributed by atoms with E-state index in [1.54, 1.807) is 17.0 Å². The first-order valence-electron chi connectivity index (χ1n) is 5.97. The maximum Gasteiger partial charge on any atom is 0.313 e. The molecule has 0 unspecified atom stereocenters. The van der Waals surface area contributed by atoms with Crippen LogP contribution in [-0.4, -0.2) is 41.7 Å². The number of aliphatic hydroxyl groups is 1. The summed E-state index contributed by atoms with van der Waals surface area (Å²) >= 11 is 1.09. The van der Waals surface area contributed by atoms with Crippen LogP contribution >= 0.6 is 11.8 Å². The minimum absolute atomic E-state index is 0.0845. The molecule has 7 nitrogen and oxygen atoms in total. The quantitative estimate of drug-likeness (QED) is 0.720. The van der Waals surface area contributed by atoms with Gasteiger partial charge in [0, 0.05) is 18.9 Å². The summed E-state index contributed by atoms with van der Waals surface area (Å²) in [5, 5.41) is 26.2. The Kier molecular flexibility index (Phi) is 5.08. The Morgan fingerprint density at radius 2 is 2.05 bits per heavy atom. The van der Waals surface area contributed by atoms with Crippen molar-refractivity contribution >= 4 is 17.7 Å². The third kappa shape index (κ3) is 3.78. The Morgan fingerprint density at radius 3 is 2.70 bits per heavy atom. The summed E-state index contributed by atoms with van der Waals surface area (Å²) in [6, 6.07) is 3.82. The van der Waals surface area contributed by atoms with Crippen LogP contribution in [0.1, 0.15) is 11.4 Å². The third-order valence-corrected chi connectivity index (χ3v) is 3.58. The zero-order valence-corrected chi connectivity index (χ0v) is 11.5. The van der Waals surface area contributed by atoms with E-state index in [1.165, 1.54) is 0 Å². The lowest BCUT2D eigenvalue weighted by atomic mass is 10.2. The van der Waals surface area contributed by atoms with E-state index in [4.69, 9.17) is 5.11 Å². The van der Waals surface area contributed by atoms with Gasteiger partial charge in [0.05, 0.1) is 5.75 Å². The summed E-state index contributed by atoms with van der Waals surface area (Å²) in [6.07, 6.45) is 4.16. The Bertz CT molecular complexity index is 573. The predicted octanol–water partition coefficient (Wildman–Crippen LogP) is 0.585. The molecule has 0 saturated heterocycles. The smallest absolute Gasteiger partial charge is 0.313 e. The van der Waals surface area contributed by atoms with Gasteiger partial charge in [-0.05, 0) is 24.1 Å². The second-order valence-electron chi connectivity index (χ2n) is 4.00. The number of carboxylic acid groups (broad SMARTS) is 1. The molecule has 0 aliphatic rings. The number of hydrogen-bond acceptors (Lipinski definition) is 6. The molecule has 20 heavy (non-hydrogen) atoms. The zero-order valence-electron chi connectivity index (χ0n) is 10.6. The molecule has 0 aliphatic carbocycles. The van der Waals surface area contributed by atoms with Crippen molar-refractivity contribution in [3.05, 3.63) is 35.9 Å². The Morgan fingerprint density at radius 1 is 1.30 bits per heavy atom. The number of pyridine rings is 1. The molecule has 106 valence electrons. The van der Waals surface area contributed by atoms with Gasteiger partial charge in [-0.25, -0.2) is 0 Å². The average Bonchev–Trinajstić information content (AvgIpc) is 2.86. The molecule has 2 heterocycles. The lowest BCUT2D eigenvalue weighted by Crippen LogP contribution is -2.09. The van der Waals surface area contributed by atoms with Crippen molar-refractivity contribution < 1.29 is 15.0 Å². The van der Waals surface area contributed by atoms with Crippen LogP contribution in [-0.2, 0) is 24.4 Å². The summed E-state index contributed by atoms with van der Waals surface area (Å²) in [7, 11) is 0. The van der Waals surface area contributed by atoms with Crippen molar-refractivity contribution in [2.75, 3.05) is 5.75 Å². The number of nitrogens with zero attached hydrogens (tertiary/aromatic N) is 4. The fourth-order valence-corrected chi connectivity index (χ4v) is 2.39. The van der Waals surface area contributed by atoms with Gasteiger partial charge in [0.15, 0.2) is 11.0 Å². The molecule has 0 radical (unpaired) electrons. The summed E-state index contributed by atoms with van der Waals surface area (Å²) in [5.41, 5.74) is 1.10. The SMILES string of the molecule is O=C(O)CSc1nnc(CO)n1CCc1ccncc1. The van der Waals surface area contributed by atoms with Crippen LogP contribution in [0.5, 0.6) is 0 Å². The van der Waals surface area contributed by atoms with Crippen LogP contribution in [0.15, 0.2) is 29.7 Å². The van der Waals surface area contributed by atoms with Gasteiger partial charge in [-0.3, -0.25) is 9.78 Å². The molecule has 2 N–H and O–H groups in total. The maximum atomic E-state index is 10.6. The molecular weight excluding hydrogens is 280 g/mol. The second-order valence-corrected chi connectivity index (χ2v) is 4.94. The van der Waals surface area contributed by atoms with Crippen LogP contribution in [0.25, 0.3) is 0 Å². The average molecular weight is 294 g/mol. The number of rotatable bonds is 7. The van der Waals surface area contributed by atoms with Gasteiger partial charge in [-0.15, -0.1) is 10.2 Å². The van der Waals surface area contributed by atoms with E-state index >= 15 is 0 Å². The van der Waals surface area contributed by atoms with E-state index < -0.39 is 5.97 Å². The number of aromatic nitrogens is 4. The van der Waals surface area contributed by atoms with Gasteiger partial charge in [0.25, 0.3) is 0 Å². The van der Waals surface area contributed by atoms with Crippen molar-refractivity contribution in [1.29, 1.82) is 0 Å². The zero-order chi connectivity index (χ0) is 14.4. The van der Waals surface area contributed by atoms with E-state index in [0.717, 1.165) is 23.7 Å². The van der Waals surface area contributed by atoms with Crippen LogP contribution in [0.3, 0.4) is 0 Å². The molecule has 0 aliphatic heterocycles. The Balaban J connectivity index is 2.08. The lowest BCUT2D eigenvalue weighted by Gasteiger charge is -2.08. The van der Waals surface area contributed by atoms with Gasteiger partial charge in [0.2, 0.25) is 0 Å². The molecule has 0 spiro atoms. The van der Waals surface area contributed by atoms with Crippen LogP contribution in [0.2, 0.25) is 0 Å². The molecule has 0 aromatic carbocycles. The standard InChI is InChI=1S/C12H14N4O3S/c17-7-10-14-15-12(20-8-11(18)19)16(10)6-3-9-1-4-13-5-2-9/h1-2,4-5,17H,3,6-8H2,(H,18,19). The van der Waals surface area contributed by atoms with Crippen molar-refractivity contribution in [3.8, 4) is 0 Å². The fourth-order valence-electron chi connectivity index (χ4n) is 1.68. The first-order valence-corrected chi connectivity index (χ1v) is 6.95. The van der Waals surface area contributed by atoms with Crippen LogP contribution in [0.4, 0.5) is 0 Å². The largest absolute Gasteiger partial charge is 0.481 e. The van der Waals surface area contributed by atoms with E-state index in [2.05, 4.69) is 15.2 Å². The molecule has 0 amide bonds. The van der Waals surface area contributed by atoms with E-state index in [-0.39, 0.29) is 12.4 Å². The molecule has 2 aromatic heterocycles. The van der Waals surface area contributed by atoms with Gasteiger partial charge in [-0.2, -0.15) is 0 Å². The number of thioether (sulfide) groups is 1. The van der Waals surface area contributed by atoms with Gasteiger partial charge < -0.3 is 14.8 Å². The molecule has 2 aromatic rings. The molecular formula is C12H14N4O3S. The predicted molar refractivity (Wildman–Crippen MR) is 72.2 cm³/mol. The van der Waals surface area contributed by atoms with Crippen molar-refractivity contribution in [1.82, 2.24) is 19.7 Å². The molecule has 0 saturated carbocycles. The fraction of sp³-hybridized carbons (Fsp3) is 0.333. The second kappa shape index (κ2) is 7.01. The highest BCUT2D eigenvalue weighted by atomic mass is 32.2. The van der Waals surface area contributed by atoms with Crippen molar-refractivity contribution in [2.45, 2.75) is 24.7 Å². The number of hydrogen-bond donors (Lipinski definition) is 2. The van der Waals surface area contributed by atoms with Gasteiger partial charge >= 0.3 is 5.97 Å². The highest BCUT2D eigenvalue weighted by Crippen LogP contribution is 2.17. The van der Waals surface area contributed by atoms with E-state index in [9.17, 15) is 9.90 Å². The summed E-state index contributed by atoms with van der Waals surface area (Å²) in [5.74, 6) is -0.560. The van der Waals surface area contributed by atoms with Gasteiger partial charge in [0.1, 0.15) is 6.61 Å². The topological polar surface area (TPSA) is 101 Å². The van der Waals surface area contributed by atoms with Crippen molar-refractivity contribution in [2.24, 2.45) is 0 Å². The number of aryl methyl sites for hydroxylation is 1. The number of aliphatic hydroxyl groups excluding tert-OH is 1. The Hall–Kier alpha value is -1.93. The third-order valence-electron chi connectivity index (χ3n) is 2.63. The minimum Gasteiger partial charge on any atom is -0.481 e. The van der Waals surface area contributed by atoms with E-state index in [0.29, 0.717) is 17.5 Å². The lowest BCUT2D eigenvalue weighted by molar-refractivity contribution is -0.133. The van der Waals surface area contributed by atoms with Crippen LogP contribution in [0, 0.1) is 0 Å².